The molecule has 3 rings (SSSR count). The molecule has 2 nitrogen and oxygen atoms in total. The van der Waals surface area contributed by atoms with Crippen LogP contribution in [-0.4, -0.2) is 0 Å². The van der Waals surface area contributed by atoms with Gasteiger partial charge in [-0.25, -0.2) is 0 Å². The number of furan rings is 1. The van der Waals surface area contributed by atoms with Crippen molar-refractivity contribution >= 4 is 22.6 Å². The molecule has 108 valence electrons. The summed E-state index contributed by atoms with van der Waals surface area (Å²) in [6.07, 6.45) is 0. The fourth-order valence-corrected chi connectivity index (χ4v) is 2.80. The lowest BCUT2D eigenvalue weighted by molar-refractivity contribution is 0.563. The van der Waals surface area contributed by atoms with Crippen LogP contribution >= 0.6 is 11.6 Å². The fourth-order valence-electron chi connectivity index (χ4n) is 2.55. The first-order valence-corrected chi connectivity index (χ1v) is 7.49. The summed E-state index contributed by atoms with van der Waals surface area (Å²) < 4.78 is 5.58. The summed E-state index contributed by atoms with van der Waals surface area (Å²) in [5.41, 5.74) is 4.40. The maximum Gasteiger partial charge on any atom is 0.199 e. The van der Waals surface area contributed by atoms with E-state index in [0.29, 0.717) is 11.8 Å². The van der Waals surface area contributed by atoms with Crippen molar-refractivity contribution in [3.05, 3.63) is 70.4 Å². The molecule has 0 amide bonds. The monoisotopic (exact) mass is 299 g/mol. The molecule has 0 aliphatic carbocycles. The number of halogens is 1. The van der Waals surface area contributed by atoms with Crippen molar-refractivity contribution in [2.45, 2.75) is 26.4 Å². The third-order valence-electron chi connectivity index (χ3n) is 3.78. The van der Waals surface area contributed by atoms with Gasteiger partial charge < -0.3 is 9.73 Å². The highest BCUT2D eigenvalue weighted by Gasteiger charge is 2.13. The predicted molar refractivity (Wildman–Crippen MR) is 87.7 cm³/mol. The largest absolute Gasteiger partial charge is 0.444 e. The number of rotatable bonds is 4. The molecule has 0 unspecified atom stereocenters. The highest BCUT2D eigenvalue weighted by atomic mass is 35.5. The summed E-state index contributed by atoms with van der Waals surface area (Å²) in [6, 6.07) is 16.7. The molecule has 0 radical (unpaired) electrons. The van der Waals surface area contributed by atoms with Crippen molar-refractivity contribution in [2.24, 2.45) is 0 Å². The van der Waals surface area contributed by atoms with Gasteiger partial charge in [0.1, 0.15) is 5.58 Å². The van der Waals surface area contributed by atoms with Crippen molar-refractivity contribution in [2.75, 3.05) is 0 Å². The van der Waals surface area contributed by atoms with E-state index in [1.807, 2.05) is 24.3 Å². The third kappa shape index (κ3) is 2.97. The molecule has 1 atom stereocenters. The number of fused-ring (bicyclic) bond motifs is 1. The third-order valence-corrected chi connectivity index (χ3v) is 4.08. The Kier molecular flexibility index (Phi) is 4.00. The van der Waals surface area contributed by atoms with E-state index in [4.69, 9.17) is 16.0 Å². The number of benzene rings is 2. The van der Waals surface area contributed by atoms with Crippen LogP contribution in [0.5, 0.6) is 0 Å². The van der Waals surface area contributed by atoms with Gasteiger partial charge in [0.25, 0.3) is 0 Å². The van der Waals surface area contributed by atoms with Crippen molar-refractivity contribution in [1.82, 2.24) is 5.32 Å². The van der Waals surface area contributed by atoms with Crippen LogP contribution in [0.25, 0.3) is 11.0 Å². The Hall–Kier alpha value is -1.77. The smallest absolute Gasteiger partial charge is 0.199 e. The van der Waals surface area contributed by atoms with Gasteiger partial charge in [-0.2, -0.15) is 0 Å². The fraction of sp³-hybridized carbons (Fsp3) is 0.222. The summed E-state index contributed by atoms with van der Waals surface area (Å²) in [5, 5.41) is 5.06. The van der Waals surface area contributed by atoms with Crippen molar-refractivity contribution in [1.29, 1.82) is 0 Å². The molecule has 2 aromatic carbocycles. The summed E-state index contributed by atoms with van der Waals surface area (Å²) in [4.78, 5) is 0. The molecule has 3 aromatic rings. The van der Waals surface area contributed by atoms with Crippen LogP contribution in [-0.2, 0) is 6.54 Å². The van der Waals surface area contributed by atoms with Crippen LogP contribution in [0.1, 0.15) is 29.7 Å². The van der Waals surface area contributed by atoms with Gasteiger partial charge in [0, 0.05) is 23.5 Å². The minimum Gasteiger partial charge on any atom is -0.444 e. The van der Waals surface area contributed by atoms with E-state index in [1.165, 1.54) is 11.1 Å². The van der Waals surface area contributed by atoms with Crippen LogP contribution in [0.3, 0.4) is 0 Å². The van der Waals surface area contributed by atoms with Gasteiger partial charge in [0.15, 0.2) is 5.22 Å². The maximum atomic E-state index is 6.22. The Morgan fingerprint density at radius 2 is 1.95 bits per heavy atom. The van der Waals surface area contributed by atoms with Crippen LogP contribution < -0.4 is 5.32 Å². The average Bonchev–Trinajstić information content (AvgIpc) is 2.80. The molecule has 3 heteroatoms. The van der Waals surface area contributed by atoms with Gasteiger partial charge in [0.05, 0.1) is 0 Å². The van der Waals surface area contributed by atoms with E-state index in [9.17, 15) is 0 Å². The molecule has 0 spiro atoms. The van der Waals surface area contributed by atoms with Crippen LogP contribution in [0.15, 0.2) is 52.9 Å². The number of hydrogen-bond donors (Lipinski definition) is 1. The molecule has 0 fully saturated rings. The van der Waals surface area contributed by atoms with Crippen molar-refractivity contribution in [3.63, 3.8) is 0 Å². The Morgan fingerprint density at radius 3 is 2.76 bits per heavy atom. The second-order valence-electron chi connectivity index (χ2n) is 5.37. The standard InChI is InChI=1S/C18H18ClNO/c1-12-6-5-7-14(10-12)13(2)20-11-16-15-8-3-4-9-17(15)21-18(16)19/h3-10,13,20H,11H2,1-2H3/t13-/m1/s1. The second kappa shape index (κ2) is 5.92. The number of aryl methyl sites for hydroxylation is 1. The summed E-state index contributed by atoms with van der Waals surface area (Å²) >= 11 is 6.22. The van der Waals surface area contributed by atoms with Gasteiger partial charge in [-0.1, -0.05) is 48.0 Å². The molecule has 0 bridgehead atoms. The Labute approximate surface area is 129 Å². The summed E-state index contributed by atoms with van der Waals surface area (Å²) in [5.74, 6) is 0. The highest BCUT2D eigenvalue weighted by Crippen LogP contribution is 2.29. The van der Waals surface area contributed by atoms with E-state index in [-0.39, 0.29) is 6.04 Å². The molecule has 0 aliphatic heterocycles. The Bertz CT molecular complexity index is 763. The minimum absolute atomic E-state index is 0.259. The first kappa shape index (κ1) is 14.2. The normalized spacial score (nSPS) is 12.7. The van der Waals surface area contributed by atoms with Crippen LogP contribution in [0.4, 0.5) is 0 Å². The first-order chi connectivity index (χ1) is 10.1. The van der Waals surface area contributed by atoms with Gasteiger partial charge >= 0.3 is 0 Å². The lowest BCUT2D eigenvalue weighted by Crippen LogP contribution is -2.18. The second-order valence-corrected chi connectivity index (χ2v) is 5.71. The first-order valence-electron chi connectivity index (χ1n) is 7.11. The molecule has 1 aromatic heterocycles. The molecular weight excluding hydrogens is 282 g/mol. The van der Waals surface area contributed by atoms with Gasteiger partial charge in [-0.15, -0.1) is 0 Å². The Balaban J connectivity index is 1.79. The average molecular weight is 300 g/mol. The van der Waals surface area contributed by atoms with E-state index < -0.39 is 0 Å². The lowest BCUT2D eigenvalue weighted by Gasteiger charge is -2.14. The van der Waals surface area contributed by atoms with E-state index >= 15 is 0 Å². The molecule has 0 saturated heterocycles. The van der Waals surface area contributed by atoms with Gasteiger partial charge in [-0.05, 0) is 37.1 Å². The Morgan fingerprint density at radius 1 is 1.14 bits per heavy atom. The van der Waals surface area contributed by atoms with Crippen molar-refractivity contribution < 1.29 is 4.42 Å². The number of nitrogens with one attached hydrogen (secondary N) is 1. The zero-order valence-electron chi connectivity index (χ0n) is 12.2. The molecular formula is C18H18ClNO. The predicted octanol–water partition coefficient (Wildman–Crippen LogP) is 5.25. The van der Waals surface area contributed by atoms with Gasteiger partial charge in [-0.3, -0.25) is 0 Å². The van der Waals surface area contributed by atoms with Gasteiger partial charge in [0.2, 0.25) is 0 Å². The van der Waals surface area contributed by atoms with Crippen LogP contribution in [0, 0.1) is 6.92 Å². The number of hydrogen-bond acceptors (Lipinski definition) is 2. The molecule has 1 N–H and O–H groups in total. The zero-order valence-corrected chi connectivity index (χ0v) is 12.9. The summed E-state index contributed by atoms with van der Waals surface area (Å²) in [7, 11) is 0. The summed E-state index contributed by atoms with van der Waals surface area (Å²) in [6.45, 7) is 4.95. The molecule has 0 aliphatic rings. The quantitative estimate of drug-likeness (QED) is 0.712. The molecule has 0 saturated carbocycles. The van der Waals surface area contributed by atoms with E-state index in [2.05, 4.69) is 43.4 Å². The molecule has 1 heterocycles. The van der Waals surface area contributed by atoms with Crippen molar-refractivity contribution in [3.8, 4) is 0 Å². The maximum absolute atomic E-state index is 6.22. The van der Waals surface area contributed by atoms with E-state index in [0.717, 1.165) is 16.5 Å². The molecule has 21 heavy (non-hydrogen) atoms. The minimum atomic E-state index is 0.259. The van der Waals surface area contributed by atoms with Crippen LogP contribution in [0.2, 0.25) is 5.22 Å². The lowest BCUT2D eigenvalue weighted by atomic mass is 10.1. The SMILES string of the molecule is Cc1cccc([C@@H](C)NCc2c(Cl)oc3ccccc23)c1. The topological polar surface area (TPSA) is 25.2 Å². The van der Waals surface area contributed by atoms with E-state index in [1.54, 1.807) is 0 Å². The highest BCUT2D eigenvalue weighted by molar-refractivity contribution is 6.30. The number of para-hydroxylation sites is 1. The zero-order chi connectivity index (χ0) is 14.8.